The first kappa shape index (κ1) is 14.5. The maximum Gasteiger partial charge on any atom is 0.224 e. The summed E-state index contributed by atoms with van der Waals surface area (Å²) in [6, 6.07) is 10.3. The molecule has 0 spiro atoms. The van der Waals surface area contributed by atoms with Crippen LogP contribution in [0.1, 0.15) is 24.8 Å². The summed E-state index contributed by atoms with van der Waals surface area (Å²) in [5.74, 6) is 1.13. The maximum absolute atomic E-state index is 12.3. The molecule has 5 heteroatoms. The van der Waals surface area contributed by atoms with Crippen LogP contribution in [0.5, 0.6) is 0 Å². The number of pyridine rings is 1. The molecule has 23 heavy (non-hydrogen) atoms. The molecule has 118 valence electrons. The molecule has 2 heterocycles. The molecule has 1 aromatic carbocycles. The normalized spacial score (nSPS) is 18.0. The van der Waals surface area contributed by atoms with Crippen molar-refractivity contribution < 1.29 is 4.79 Å². The lowest BCUT2D eigenvalue weighted by Gasteiger charge is -2.26. The van der Waals surface area contributed by atoms with E-state index in [1.54, 1.807) is 0 Å². The van der Waals surface area contributed by atoms with Crippen LogP contribution >= 0.6 is 11.6 Å². The molecule has 0 unspecified atom stereocenters. The number of carbonyl (C=O) groups excluding carboxylic acids is 1. The first-order valence-corrected chi connectivity index (χ1v) is 8.37. The molecule has 1 amide bonds. The summed E-state index contributed by atoms with van der Waals surface area (Å²) in [6.07, 6.45) is 4.66. The van der Waals surface area contributed by atoms with Gasteiger partial charge in [0.05, 0.1) is 0 Å². The smallest absolute Gasteiger partial charge is 0.224 e. The quantitative estimate of drug-likeness (QED) is 0.914. The molecule has 1 N–H and O–H groups in total. The lowest BCUT2D eigenvalue weighted by Crippen LogP contribution is -2.35. The van der Waals surface area contributed by atoms with Gasteiger partial charge in [-0.2, -0.15) is 0 Å². The standard InChI is InChI=1S/C18H18ClN3O/c19-15-3-1-12(2-4-15)13-9-14-11-22(16-5-6-16)17(23)7-8-20-18(14)21-10-13/h1-4,9-10,16H,5-8,11H2,(H,20,21). The molecule has 1 aliphatic carbocycles. The van der Waals surface area contributed by atoms with Crippen molar-refractivity contribution >= 4 is 23.3 Å². The Morgan fingerprint density at radius 3 is 2.70 bits per heavy atom. The number of halogens is 1. The summed E-state index contributed by atoms with van der Waals surface area (Å²) < 4.78 is 0. The molecule has 1 aromatic heterocycles. The molecule has 0 radical (unpaired) electrons. The second kappa shape index (κ2) is 5.85. The van der Waals surface area contributed by atoms with E-state index in [4.69, 9.17) is 11.6 Å². The van der Waals surface area contributed by atoms with Gasteiger partial charge in [0, 0.05) is 47.9 Å². The molecule has 2 aliphatic rings. The lowest BCUT2D eigenvalue weighted by molar-refractivity contribution is -0.132. The van der Waals surface area contributed by atoms with Crippen molar-refractivity contribution in [3.63, 3.8) is 0 Å². The molecular weight excluding hydrogens is 310 g/mol. The van der Waals surface area contributed by atoms with Gasteiger partial charge < -0.3 is 10.2 Å². The van der Waals surface area contributed by atoms with Crippen LogP contribution in [0.3, 0.4) is 0 Å². The molecule has 0 atom stereocenters. The second-order valence-electron chi connectivity index (χ2n) is 6.17. The van der Waals surface area contributed by atoms with Crippen molar-refractivity contribution in [2.45, 2.75) is 31.8 Å². The molecule has 2 aromatic rings. The third kappa shape index (κ3) is 3.04. The molecule has 4 rings (SSSR count). The van der Waals surface area contributed by atoms with Gasteiger partial charge in [0.15, 0.2) is 0 Å². The summed E-state index contributed by atoms with van der Waals surface area (Å²) in [5.41, 5.74) is 3.21. The van der Waals surface area contributed by atoms with Crippen LogP contribution in [-0.2, 0) is 11.3 Å². The van der Waals surface area contributed by atoms with Gasteiger partial charge in [-0.05, 0) is 36.6 Å². The average molecular weight is 328 g/mol. The number of rotatable bonds is 2. The number of amides is 1. The molecule has 4 nitrogen and oxygen atoms in total. The van der Waals surface area contributed by atoms with E-state index in [1.165, 1.54) is 0 Å². The summed E-state index contributed by atoms with van der Waals surface area (Å²) in [7, 11) is 0. The predicted molar refractivity (Wildman–Crippen MR) is 91.4 cm³/mol. The molecule has 0 bridgehead atoms. The zero-order valence-corrected chi connectivity index (χ0v) is 13.5. The van der Waals surface area contributed by atoms with Gasteiger partial charge in [-0.3, -0.25) is 4.79 Å². The first-order chi connectivity index (χ1) is 11.2. The molecule has 1 fully saturated rings. The highest BCUT2D eigenvalue weighted by atomic mass is 35.5. The summed E-state index contributed by atoms with van der Waals surface area (Å²) >= 11 is 5.96. The Balaban J connectivity index is 1.69. The Labute approximate surface area is 140 Å². The Morgan fingerprint density at radius 2 is 1.96 bits per heavy atom. The van der Waals surface area contributed by atoms with Crippen molar-refractivity contribution in [2.75, 3.05) is 11.9 Å². The van der Waals surface area contributed by atoms with E-state index < -0.39 is 0 Å². The van der Waals surface area contributed by atoms with Crippen molar-refractivity contribution in [1.29, 1.82) is 0 Å². The molecule has 1 saturated carbocycles. The topological polar surface area (TPSA) is 45.2 Å². The summed E-state index contributed by atoms with van der Waals surface area (Å²) in [6.45, 7) is 1.28. The van der Waals surface area contributed by atoms with Gasteiger partial charge in [0.2, 0.25) is 5.91 Å². The van der Waals surface area contributed by atoms with Crippen molar-refractivity contribution in [3.05, 3.63) is 47.1 Å². The predicted octanol–water partition coefficient (Wildman–Crippen LogP) is 3.71. The van der Waals surface area contributed by atoms with E-state index >= 15 is 0 Å². The SMILES string of the molecule is O=C1CCNc2ncc(-c3ccc(Cl)cc3)cc2CN1C1CC1. The number of hydrogen-bond acceptors (Lipinski definition) is 3. The molecular formula is C18H18ClN3O. The van der Waals surface area contributed by atoms with E-state index in [0.717, 1.165) is 40.4 Å². The van der Waals surface area contributed by atoms with Crippen LogP contribution in [0.2, 0.25) is 5.02 Å². The number of aromatic nitrogens is 1. The Kier molecular flexibility index (Phi) is 3.69. The summed E-state index contributed by atoms with van der Waals surface area (Å²) in [5, 5.41) is 4.01. The molecule has 1 aliphatic heterocycles. The first-order valence-electron chi connectivity index (χ1n) is 7.99. The van der Waals surface area contributed by atoms with Gasteiger partial charge in [-0.1, -0.05) is 23.7 Å². The number of carbonyl (C=O) groups is 1. The monoisotopic (exact) mass is 327 g/mol. The Bertz CT molecular complexity index is 740. The van der Waals surface area contributed by atoms with Gasteiger partial charge in [0.1, 0.15) is 5.82 Å². The summed E-state index contributed by atoms with van der Waals surface area (Å²) in [4.78, 5) is 18.9. The fraction of sp³-hybridized carbons (Fsp3) is 0.333. The Hall–Kier alpha value is -2.07. The van der Waals surface area contributed by atoms with Gasteiger partial charge in [-0.25, -0.2) is 4.98 Å². The van der Waals surface area contributed by atoms with Crippen LogP contribution in [0.15, 0.2) is 36.5 Å². The van der Waals surface area contributed by atoms with Gasteiger partial charge in [0.25, 0.3) is 0 Å². The highest BCUT2D eigenvalue weighted by Gasteiger charge is 2.33. The van der Waals surface area contributed by atoms with Crippen LogP contribution in [0.25, 0.3) is 11.1 Å². The number of nitrogens with zero attached hydrogens (tertiary/aromatic N) is 2. The van der Waals surface area contributed by atoms with Crippen molar-refractivity contribution in [2.24, 2.45) is 0 Å². The number of hydrogen-bond donors (Lipinski definition) is 1. The van der Waals surface area contributed by atoms with Crippen LogP contribution in [0, 0.1) is 0 Å². The van der Waals surface area contributed by atoms with E-state index in [1.807, 2.05) is 35.4 Å². The van der Waals surface area contributed by atoms with E-state index in [-0.39, 0.29) is 5.91 Å². The van der Waals surface area contributed by atoms with Gasteiger partial charge >= 0.3 is 0 Å². The number of anilines is 1. The van der Waals surface area contributed by atoms with E-state index in [9.17, 15) is 4.79 Å². The second-order valence-corrected chi connectivity index (χ2v) is 6.60. The Morgan fingerprint density at radius 1 is 1.17 bits per heavy atom. The lowest BCUT2D eigenvalue weighted by atomic mass is 10.0. The third-order valence-corrected chi connectivity index (χ3v) is 4.68. The number of benzene rings is 1. The highest BCUT2D eigenvalue weighted by molar-refractivity contribution is 6.30. The van der Waals surface area contributed by atoms with Crippen LogP contribution in [0.4, 0.5) is 5.82 Å². The average Bonchev–Trinajstić information content (AvgIpc) is 3.37. The molecule has 0 saturated heterocycles. The van der Waals surface area contributed by atoms with E-state index in [2.05, 4.69) is 16.4 Å². The number of nitrogens with one attached hydrogen (secondary N) is 1. The zero-order valence-electron chi connectivity index (χ0n) is 12.8. The highest BCUT2D eigenvalue weighted by Crippen LogP contribution is 2.32. The third-order valence-electron chi connectivity index (χ3n) is 4.42. The van der Waals surface area contributed by atoms with Crippen molar-refractivity contribution in [1.82, 2.24) is 9.88 Å². The van der Waals surface area contributed by atoms with Crippen molar-refractivity contribution in [3.8, 4) is 11.1 Å². The van der Waals surface area contributed by atoms with Crippen LogP contribution < -0.4 is 5.32 Å². The number of fused-ring (bicyclic) bond motifs is 1. The minimum Gasteiger partial charge on any atom is -0.369 e. The van der Waals surface area contributed by atoms with Gasteiger partial charge in [-0.15, -0.1) is 0 Å². The largest absolute Gasteiger partial charge is 0.369 e. The fourth-order valence-electron chi connectivity index (χ4n) is 3.01. The zero-order chi connectivity index (χ0) is 15.8. The van der Waals surface area contributed by atoms with Crippen LogP contribution in [-0.4, -0.2) is 28.4 Å². The minimum absolute atomic E-state index is 0.238. The van der Waals surface area contributed by atoms with E-state index in [0.29, 0.717) is 25.6 Å². The fourth-order valence-corrected chi connectivity index (χ4v) is 3.14. The maximum atomic E-state index is 12.3. The minimum atomic E-state index is 0.238.